The molecule has 0 spiro atoms. The molecule has 0 amide bonds. The zero-order valence-electron chi connectivity index (χ0n) is 10.6. The summed E-state index contributed by atoms with van der Waals surface area (Å²) < 4.78 is 19.0. The van der Waals surface area contributed by atoms with Crippen molar-refractivity contribution in [1.29, 1.82) is 0 Å². The van der Waals surface area contributed by atoms with E-state index in [2.05, 4.69) is 15.9 Å². The fourth-order valence-corrected chi connectivity index (χ4v) is 2.23. The molecule has 2 aromatic carbocycles. The Labute approximate surface area is 120 Å². The molecule has 0 aliphatic carbocycles. The molecular weight excluding hydrogens is 309 g/mol. The maximum absolute atomic E-state index is 13.2. The van der Waals surface area contributed by atoms with Crippen molar-refractivity contribution in [2.24, 2.45) is 5.73 Å². The van der Waals surface area contributed by atoms with Crippen molar-refractivity contribution in [3.8, 4) is 5.75 Å². The van der Waals surface area contributed by atoms with Crippen molar-refractivity contribution in [2.45, 2.75) is 13.0 Å². The quantitative estimate of drug-likeness (QED) is 0.921. The van der Waals surface area contributed by atoms with Gasteiger partial charge in [-0.2, -0.15) is 0 Å². The van der Waals surface area contributed by atoms with Crippen LogP contribution in [0.15, 0.2) is 46.9 Å². The van der Waals surface area contributed by atoms with E-state index >= 15 is 0 Å². The highest BCUT2D eigenvalue weighted by atomic mass is 79.9. The van der Waals surface area contributed by atoms with Crippen molar-refractivity contribution in [2.75, 3.05) is 6.61 Å². The Morgan fingerprint density at radius 1 is 1.16 bits per heavy atom. The molecule has 0 aliphatic heterocycles. The Kier molecular flexibility index (Phi) is 4.56. The van der Waals surface area contributed by atoms with Gasteiger partial charge >= 0.3 is 0 Å². The standard InChI is InChI=1S/C15H15BrFNO/c1-2-19-12-6-3-10(4-7-12)15(18)11-5-8-14(17)13(16)9-11/h3-9,15H,2,18H2,1H3. The fraction of sp³-hybridized carbons (Fsp3) is 0.200. The first-order chi connectivity index (χ1) is 9.11. The van der Waals surface area contributed by atoms with Gasteiger partial charge in [-0.25, -0.2) is 4.39 Å². The Hall–Kier alpha value is -1.39. The normalized spacial score (nSPS) is 12.2. The number of benzene rings is 2. The molecule has 2 rings (SSSR count). The second-order valence-corrected chi connectivity index (χ2v) is 5.01. The van der Waals surface area contributed by atoms with Crippen molar-refractivity contribution >= 4 is 15.9 Å². The topological polar surface area (TPSA) is 35.2 Å². The van der Waals surface area contributed by atoms with Crippen LogP contribution in [0.25, 0.3) is 0 Å². The smallest absolute Gasteiger partial charge is 0.137 e. The maximum atomic E-state index is 13.2. The SMILES string of the molecule is CCOc1ccc(C(N)c2ccc(F)c(Br)c2)cc1. The van der Waals surface area contributed by atoms with Gasteiger partial charge < -0.3 is 10.5 Å². The van der Waals surface area contributed by atoms with Crippen molar-refractivity contribution in [3.05, 3.63) is 63.9 Å². The number of ether oxygens (including phenoxy) is 1. The monoisotopic (exact) mass is 323 g/mol. The molecule has 2 nitrogen and oxygen atoms in total. The molecular formula is C15H15BrFNO. The summed E-state index contributed by atoms with van der Waals surface area (Å²) in [6.07, 6.45) is 0. The van der Waals surface area contributed by atoms with E-state index in [1.165, 1.54) is 6.07 Å². The first-order valence-electron chi connectivity index (χ1n) is 6.05. The van der Waals surface area contributed by atoms with Crippen LogP contribution in [0, 0.1) is 5.82 Å². The van der Waals surface area contributed by atoms with E-state index in [1.807, 2.05) is 31.2 Å². The summed E-state index contributed by atoms with van der Waals surface area (Å²) >= 11 is 3.17. The molecule has 2 aromatic rings. The third-order valence-corrected chi connectivity index (χ3v) is 3.46. The maximum Gasteiger partial charge on any atom is 0.137 e. The fourth-order valence-electron chi connectivity index (χ4n) is 1.84. The molecule has 0 saturated carbocycles. The minimum absolute atomic E-state index is 0.285. The second-order valence-electron chi connectivity index (χ2n) is 4.15. The van der Waals surface area contributed by atoms with E-state index in [4.69, 9.17) is 10.5 Å². The van der Waals surface area contributed by atoms with Crippen LogP contribution in [0.3, 0.4) is 0 Å². The Morgan fingerprint density at radius 2 is 1.79 bits per heavy atom. The van der Waals surface area contributed by atoms with Gasteiger partial charge in [0.15, 0.2) is 0 Å². The van der Waals surface area contributed by atoms with Crippen LogP contribution in [-0.2, 0) is 0 Å². The molecule has 0 aromatic heterocycles. The molecule has 0 radical (unpaired) electrons. The van der Waals surface area contributed by atoms with E-state index in [-0.39, 0.29) is 11.9 Å². The van der Waals surface area contributed by atoms with Gasteiger partial charge in [-0.05, 0) is 58.2 Å². The van der Waals surface area contributed by atoms with Crippen molar-refractivity contribution in [3.63, 3.8) is 0 Å². The van der Waals surface area contributed by atoms with Gasteiger partial charge in [-0.3, -0.25) is 0 Å². The van der Waals surface area contributed by atoms with Gasteiger partial charge in [0, 0.05) is 0 Å². The first-order valence-corrected chi connectivity index (χ1v) is 6.84. The molecule has 1 atom stereocenters. The van der Waals surface area contributed by atoms with Crippen LogP contribution >= 0.6 is 15.9 Å². The van der Waals surface area contributed by atoms with Gasteiger partial charge in [-0.1, -0.05) is 18.2 Å². The third-order valence-electron chi connectivity index (χ3n) is 2.85. The average Bonchev–Trinajstić information content (AvgIpc) is 2.42. The lowest BCUT2D eigenvalue weighted by Gasteiger charge is -2.14. The predicted molar refractivity (Wildman–Crippen MR) is 77.7 cm³/mol. The van der Waals surface area contributed by atoms with Crippen molar-refractivity contribution in [1.82, 2.24) is 0 Å². The zero-order valence-corrected chi connectivity index (χ0v) is 12.2. The summed E-state index contributed by atoms with van der Waals surface area (Å²) in [5.74, 6) is 0.529. The molecule has 100 valence electrons. The molecule has 0 bridgehead atoms. The van der Waals surface area contributed by atoms with Gasteiger partial charge in [0.25, 0.3) is 0 Å². The molecule has 1 unspecified atom stereocenters. The molecule has 0 heterocycles. The van der Waals surface area contributed by atoms with E-state index in [9.17, 15) is 4.39 Å². The lowest BCUT2D eigenvalue weighted by molar-refractivity contribution is 0.340. The lowest BCUT2D eigenvalue weighted by Crippen LogP contribution is -2.11. The number of nitrogens with two attached hydrogens (primary N) is 1. The van der Waals surface area contributed by atoms with Gasteiger partial charge in [-0.15, -0.1) is 0 Å². The summed E-state index contributed by atoms with van der Waals surface area (Å²) in [6.45, 7) is 2.58. The predicted octanol–water partition coefficient (Wildman–Crippen LogP) is 4.04. The van der Waals surface area contributed by atoms with E-state index in [0.717, 1.165) is 16.9 Å². The minimum Gasteiger partial charge on any atom is -0.494 e. The Balaban J connectivity index is 2.22. The highest BCUT2D eigenvalue weighted by Crippen LogP contribution is 2.25. The molecule has 0 aliphatic rings. The van der Waals surface area contributed by atoms with Gasteiger partial charge in [0.1, 0.15) is 11.6 Å². The van der Waals surface area contributed by atoms with Crippen LogP contribution in [-0.4, -0.2) is 6.61 Å². The van der Waals surface area contributed by atoms with Crippen LogP contribution in [0.5, 0.6) is 5.75 Å². The minimum atomic E-state index is -0.289. The zero-order chi connectivity index (χ0) is 13.8. The Bertz CT molecular complexity index is 557. The number of halogens is 2. The molecule has 0 saturated heterocycles. The number of rotatable bonds is 4. The highest BCUT2D eigenvalue weighted by molar-refractivity contribution is 9.10. The average molecular weight is 324 g/mol. The van der Waals surface area contributed by atoms with Gasteiger partial charge in [0.05, 0.1) is 17.1 Å². The van der Waals surface area contributed by atoms with E-state index in [0.29, 0.717) is 11.1 Å². The highest BCUT2D eigenvalue weighted by Gasteiger charge is 2.11. The first kappa shape index (κ1) is 14.0. The number of hydrogen-bond donors (Lipinski definition) is 1. The summed E-state index contributed by atoms with van der Waals surface area (Å²) in [5, 5.41) is 0. The molecule has 0 fully saturated rings. The second kappa shape index (κ2) is 6.17. The van der Waals surface area contributed by atoms with Crippen LogP contribution in [0.2, 0.25) is 0 Å². The lowest BCUT2D eigenvalue weighted by atomic mass is 9.99. The number of hydrogen-bond acceptors (Lipinski definition) is 2. The summed E-state index contributed by atoms with van der Waals surface area (Å²) in [6, 6.07) is 12.1. The van der Waals surface area contributed by atoms with Crippen molar-refractivity contribution < 1.29 is 9.13 Å². The van der Waals surface area contributed by atoms with Crippen LogP contribution < -0.4 is 10.5 Å². The van der Waals surface area contributed by atoms with Crippen LogP contribution in [0.1, 0.15) is 24.1 Å². The molecule has 19 heavy (non-hydrogen) atoms. The summed E-state index contributed by atoms with van der Waals surface area (Å²) in [4.78, 5) is 0. The summed E-state index contributed by atoms with van der Waals surface area (Å²) in [7, 11) is 0. The van der Waals surface area contributed by atoms with Crippen LogP contribution in [0.4, 0.5) is 4.39 Å². The summed E-state index contributed by atoms with van der Waals surface area (Å²) in [5.41, 5.74) is 7.99. The molecule has 2 N–H and O–H groups in total. The van der Waals surface area contributed by atoms with E-state index < -0.39 is 0 Å². The largest absolute Gasteiger partial charge is 0.494 e. The third kappa shape index (κ3) is 3.33. The Morgan fingerprint density at radius 3 is 2.37 bits per heavy atom. The van der Waals surface area contributed by atoms with E-state index in [1.54, 1.807) is 12.1 Å². The van der Waals surface area contributed by atoms with Gasteiger partial charge in [0.2, 0.25) is 0 Å². The molecule has 4 heteroatoms.